The molecule has 2 atom stereocenters. The van der Waals surface area contributed by atoms with Crippen LogP contribution in [0.5, 0.6) is 17.2 Å². The topological polar surface area (TPSA) is 128 Å². The van der Waals surface area contributed by atoms with Crippen molar-refractivity contribution in [3.05, 3.63) is 175 Å². The first-order chi connectivity index (χ1) is 33.8. The second-order valence-electron chi connectivity index (χ2n) is 18.3. The lowest BCUT2D eigenvalue weighted by Gasteiger charge is -2.45. The number of carboxylic acid groups (broad SMARTS) is 1. The molecule has 0 fully saturated rings. The Labute approximate surface area is 398 Å². The lowest BCUT2D eigenvalue weighted by atomic mass is 9.79. The number of benzene rings is 6. The van der Waals surface area contributed by atoms with Gasteiger partial charge in [-0.3, -0.25) is 4.79 Å². The van der Waals surface area contributed by atoms with Crippen LogP contribution in [0, 0.1) is 29.1 Å². The standard InChI is InChI=1S/C54H44F5N2O8P/c55-44-45(56)47(58)53(48(59)46(44)57)68-42(62)17-5-2-8-24-67-70(65,66)33-19-20-34(54(63)64)36(28-33)43-37-26-31-14-9-22-60-23-10-15-35(49(31)60)51(37)69-52-38(43)27-32-18-21-41(29-11-3-1-4-12-29)61-40-16-7-6-13-30(40)25-39(52)50(32)61/h1,3-4,6-7,11-13,16,19-20,26-28,41H,2,5,8-10,14-15,17-18,21-25H2,(H-,63,64,65,66). The zero-order chi connectivity index (χ0) is 48.6. The van der Waals surface area contributed by atoms with E-state index in [-0.39, 0.29) is 48.3 Å². The molecule has 10 nitrogen and oxygen atoms in total. The van der Waals surface area contributed by atoms with Crippen LogP contribution in [0.1, 0.15) is 106 Å². The molecule has 0 amide bonds. The number of ether oxygens (including phenoxy) is 2. The maximum atomic E-state index is 14.0. The van der Waals surface area contributed by atoms with Gasteiger partial charge in [0.25, 0.3) is 0 Å². The van der Waals surface area contributed by atoms with Crippen molar-refractivity contribution in [3.63, 3.8) is 0 Å². The molecule has 11 rings (SSSR count). The molecule has 6 aromatic carbocycles. The lowest BCUT2D eigenvalue weighted by Crippen LogP contribution is -2.45. The number of carboxylic acids is 1. The second kappa shape index (κ2) is 17.9. The molecule has 0 radical (unpaired) electrons. The van der Waals surface area contributed by atoms with Gasteiger partial charge >= 0.3 is 11.9 Å². The van der Waals surface area contributed by atoms with Crippen LogP contribution in [-0.2, 0) is 39.6 Å². The molecule has 0 bridgehead atoms. The molecule has 0 aromatic heterocycles. The molecule has 5 aliphatic heterocycles. The number of aryl methyl sites for hydroxylation is 2. The molecular weight excluding hydrogens is 931 g/mol. The van der Waals surface area contributed by atoms with Gasteiger partial charge in [0, 0.05) is 64.2 Å². The number of carbonyl (C=O) groups is 2. The predicted molar refractivity (Wildman–Crippen MR) is 247 cm³/mol. The summed E-state index contributed by atoms with van der Waals surface area (Å²) in [6.45, 7) is 1.49. The number of hydrogen-bond donors (Lipinski definition) is 1. The highest BCUT2D eigenvalue weighted by molar-refractivity contribution is 7.59. The number of hydrogen-bond acceptors (Lipinski definition) is 8. The number of fused-ring (bicyclic) bond motifs is 6. The van der Waals surface area contributed by atoms with Gasteiger partial charge in [-0.1, -0.05) is 55.0 Å². The number of esters is 1. The van der Waals surface area contributed by atoms with Crippen molar-refractivity contribution >= 4 is 41.8 Å². The zero-order valence-electron chi connectivity index (χ0n) is 37.6. The number of nitrogens with zero attached hydrogens (tertiary/aromatic N) is 2. The molecule has 6 aromatic rings. The van der Waals surface area contributed by atoms with Crippen LogP contribution < -0.4 is 39.7 Å². The molecular formula is C54H44F5N2O8P. The molecule has 5 heterocycles. The summed E-state index contributed by atoms with van der Waals surface area (Å²) in [4.78, 5) is 42.1. The van der Waals surface area contributed by atoms with Gasteiger partial charge in [0.05, 0.1) is 29.5 Å². The normalized spacial score (nSPS) is 17.1. The zero-order valence-corrected chi connectivity index (χ0v) is 38.5. The van der Waals surface area contributed by atoms with E-state index in [2.05, 4.69) is 68.8 Å². The molecule has 1 N–H and O–H groups in total. The Morgan fingerprint density at radius 2 is 1.50 bits per heavy atom. The van der Waals surface area contributed by atoms with E-state index >= 15 is 0 Å². The van der Waals surface area contributed by atoms with Gasteiger partial charge in [-0.15, -0.1) is 0 Å². The first-order valence-electron chi connectivity index (χ1n) is 23.5. The quantitative estimate of drug-likeness (QED) is 0.0187. The van der Waals surface area contributed by atoms with E-state index in [9.17, 15) is 46.1 Å². The maximum absolute atomic E-state index is 14.0. The highest BCUT2D eigenvalue weighted by atomic mass is 31.2. The highest BCUT2D eigenvalue weighted by Gasteiger charge is 2.41. The Hall–Kier alpha value is -6.67. The fourth-order valence-corrected chi connectivity index (χ4v) is 12.1. The van der Waals surface area contributed by atoms with Crippen molar-refractivity contribution in [3.8, 4) is 17.2 Å². The van der Waals surface area contributed by atoms with Gasteiger partial charge < -0.3 is 33.5 Å². The second-order valence-corrected chi connectivity index (χ2v) is 20.1. The third-order valence-corrected chi connectivity index (χ3v) is 15.6. The first kappa shape index (κ1) is 45.8. The third-order valence-electron chi connectivity index (χ3n) is 14.2. The highest BCUT2D eigenvalue weighted by Crippen LogP contribution is 2.56. The lowest BCUT2D eigenvalue weighted by molar-refractivity contribution is -0.194. The smallest absolute Gasteiger partial charge is 0.336 e. The van der Waals surface area contributed by atoms with Gasteiger partial charge in [0.1, 0.15) is 24.6 Å². The van der Waals surface area contributed by atoms with E-state index in [0.29, 0.717) is 34.3 Å². The Kier molecular flexibility index (Phi) is 11.7. The van der Waals surface area contributed by atoms with Gasteiger partial charge in [0.15, 0.2) is 7.60 Å². The van der Waals surface area contributed by atoms with Crippen LogP contribution in [0.25, 0.3) is 5.57 Å². The van der Waals surface area contributed by atoms with Crippen LogP contribution in [0.3, 0.4) is 0 Å². The largest absolute Gasteiger partial charge is 0.775 e. The summed E-state index contributed by atoms with van der Waals surface area (Å²) in [6.07, 6.45) is 5.26. The van der Waals surface area contributed by atoms with Gasteiger partial charge in [-0.25, -0.2) is 22.5 Å². The number of rotatable bonds is 12. The van der Waals surface area contributed by atoms with Gasteiger partial charge in [0.2, 0.25) is 40.2 Å². The van der Waals surface area contributed by atoms with Crippen molar-refractivity contribution in [2.45, 2.75) is 76.7 Å². The Morgan fingerprint density at radius 1 is 0.771 bits per heavy atom. The fraction of sp³-hybridized carbons (Fsp3) is 0.278. The van der Waals surface area contributed by atoms with Crippen molar-refractivity contribution in [1.82, 2.24) is 4.58 Å². The predicted octanol–water partition coefficient (Wildman–Crippen LogP) is 8.91. The van der Waals surface area contributed by atoms with E-state index in [0.717, 1.165) is 96.2 Å². The van der Waals surface area contributed by atoms with Crippen LogP contribution in [-0.4, -0.2) is 36.7 Å². The van der Waals surface area contributed by atoms with Crippen molar-refractivity contribution in [1.29, 1.82) is 0 Å². The van der Waals surface area contributed by atoms with E-state index in [1.165, 1.54) is 23.8 Å². The molecule has 2 unspecified atom stereocenters. The summed E-state index contributed by atoms with van der Waals surface area (Å²) in [5.74, 6) is -14.4. The molecule has 5 aliphatic rings. The number of aromatic carboxylic acids is 1. The summed E-state index contributed by atoms with van der Waals surface area (Å²) in [6, 6.07) is 26.9. The summed E-state index contributed by atoms with van der Waals surface area (Å²) in [7, 11) is -4.90. The van der Waals surface area contributed by atoms with Crippen molar-refractivity contribution < 1.29 is 60.1 Å². The molecule has 70 heavy (non-hydrogen) atoms. The molecule has 358 valence electrons. The minimum Gasteiger partial charge on any atom is -0.775 e. The van der Waals surface area contributed by atoms with Crippen LogP contribution >= 0.6 is 7.60 Å². The SMILES string of the molecule is O=C(CCCCCOP(=O)([O-])c1ccc(C(=O)O)c(C2=c3cc4c5c(c3Oc3c2cc2c6c3Cc3ccccc3N6C(c3ccccc3)CC2)CCC[N+]=5CCC4)c1)Oc1c(F)c(F)c(F)c(F)c1F. The Morgan fingerprint density at radius 3 is 2.27 bits per heavy atom. The number of unbranched alkanes of at least 4 members (excludes halogenated alkanes) is 2. The minimum absolute atomic E-state index is 0.00279. The van der Waals surface area contributed by atoms with Crippen molar-refractivity contribution in [2.24, 2.45) is 0 Å². The van der Waals surface area contributed by atoms with Gasteiger partial charge in [-0.05, 0) is 97.2 Å². The van der Waals surface area contributed by atoms with Gasteiger partial charge in [-0.2, -0.15) is 8.78 Å². The van der Waals surface area contributed by atoms with E-state index in [1.54, 1.807) is 0 Å². The molecule has 0 aliphatic carbocycles. The molecule has 0 spiro atoms. The van der Waals surface area contributed by atoms with Crippen LogP contribution in [0.2, 0.25) is 0 Å². The Balaban J connectivity index is 0.962. The number of halogens is 5. The molecule has 16 heteroatoms. The summed E-state index contributed by atoms with van der Waals surface area (Å²) < 4.78 is 102. The average Bonchev–Trinajstić information content (AvgIpc) is 3.37. The number of carbonyl (C=O) groups excluding carboxylic acids is 1. The summed E-state index contributed by atoms with van der Waals surface area (Å²) in [5.41, 5.74) is 10.0. The number of para-hydroxylation sites is 1. The van der Waals surface area contributed by atoms with Crippen LogP contribution in [0.15, 0.2) is 84.9 Å². The average molecular weight is 975 g/mol. The van der Waals surface area contributed by atoms with E-state index in [4.69, 9.17) is 9.26 Å². The van der Waals surface area contributed by atoms with E-state index in [1.807, 2.05) is 12.1 Å². The molecule has 0 saturated heterocycles. The third kappa shape index (κ3) is 7.69. The number of anilines is 2. The maximum Gasteiger partial charge on any atom is 0.336 e. The summed E-state index contributed by atoms with van der Waals surface area (Å²) in [5, 5.41) is 12.5. The fourth-order valence-electron chi connectivity index (χ4n) is 11.1. The van der Waals surface area contributed by atoms with Crippen molar-refractivity contribution in [2.75, 3.05) is 24.6 Å². The minimum atomic E-state index is -4.90. The Bertz CT molecular complexity index is 3370. The summed E-state index contributed by atoms with van der Waals surface area (Å²) >= 11 is 0. The first-order valence-corrected chi connectivity index (χ1v) is 25.0. The monoisotopic (exact) mass is 974 g/mol. The van der Waals surface area contributed by atoms with Crippen LogP contribution in [0.4, 0.5) is 33.3 Å². The van der Waals surface area contributed by atoms with E-state index < -0.39 is 60.8 Å². The molecule has 0 saturated carbocycles.